The molecule has 0 aliphatic heterocycles. The van der Waals surface area contributed by atoms with Gasteiger partial charge in [-0.3, -0.25) is 0 Å². The lowest BCUT2D eigenvalue weighted by Gasteiger charge is -2.18. The summed E-state index contributed by atoms with van der Waals surface area (Å²) in [6.45, 7) is 1.76. The van der Waals surface area contributed by atoms with Gasteiger partial charge in [-0.25, -0.2) is 0 Å². The van der Waals surface area contributed by atoms with Crippen LogP contribution in [0.25, 0.3) is 0 Å². The predicted molar refractivity (Wildman–Crippen MR) is 76.4 cm³/mol. The first kappa shape index (κ1) is 16.0. The maximum absolute atomic E-state index is 12.1. The number of alkyl halides is 3. The maximum Gasteiger partial charge on any atom is 0.573 e. The van der Waals surface area contributed by atoms with E-state index in [9.17, 15) is 18.3 Å². The number of phenolic OH excluding ortho intramolecular Hbond substituents is 1. The van der Waals surface area contributed by atoms with Gasteiger partial charge in [-0.1, -0.05) is 18.2 Å². The molecule has 0 spiro atoms. The smallest absolute Gasteiger partial charge is 0.505 e. The highest BCUT2D eigenvalue weighted by Gasteiger charge is 2.31. The van der Waals surface area contributed by atoms with Gasteiger partial charge < -0.3 is 21.3 Å². The van der Waals surface area contributed by atoms with Gasteiger partial charge in [0.05, 0.1) is 11.7 Å². The first-order valence-corrected chi connectivity index (χ1v) is 6.38. The van der Waals surface area contributed by atoms with Crippen LogP contribution in [-0.4, -0.2) is 11.5 Å². The number of hydrogen-bond donors (Lipinski definition) is 3. The minimum Gasteiger partial charge on any atom is -0.505 e. The molecule has 4 nitrogen and oxygen atoms in total. The quantitative estimate of drug-likeness (QED) is 0.600. The Labute approximate surface area is 125 Å². The van der Waals surface area contributed by atoms with Crippen molar-refractivity contribution in [2.24, 2.45) is 5.73 Å². The highest BCUT2D eigenvalue weighted by molar-refractivity contribution is 5.60. The van der Waals surface area contributed by atoms with E-state index in [0.717, 1.165) is 5.56 Å². The third-order valence-electron chi connectivity index (χ3n) is 3.25. The van der Waals surface area contributed by atoms with Crippen molar-refractivity contribution in [3.8, 4) is 11.5 Å². The Morgan fingerprint density at radius 2 is 1.68 bits per heavy atom. The lowest BCUT2D eigenvalue weighted by atomic mass is 9.94. The second-order valence-electron chi connectivity index (χ2n) is 4.83. The Bertz CT molecular complexity index is 670. The van der Waals surface area contributed by atoms with Crippen molar-refractivity contribution < 1.29 is 23.0 Å². The van der Waals surface area contributed by atoms with Crippen molar-refractivity contribution >= 4 is 5.69 Å². The number of aryl methyl sites for hydroxylation is 1. The second kappa shape index (κ2) is 5.76. The van der Waals surface area contributed by atoms with Gasteiger partial charge >= 0.3 is 6.36 Å². The molecule has 0 aliphatic rings. The minimum atomic E-state index is -4.74. The van der Waals surface area contributed by atoms with Crippen LogP contribution in [0, 0.1) is 6.92 Å². The molecule has 0 saturated heterocycles. The first-order chi connectivity index (χ1) is 10.2. The number of aromatic hydroxyl groups is 1. The molecule has 0 aromatic heterocycles. The summed E-state index contributed by atoms with van der Waals surface area (Å²) in [5.74, 6) is -0.458. The lowest BCUT2D eigenvalue weighted by molar-refractivity contribution is -0.274. The summed E-state index contributed by atoms with van der Waals surface area (Å²) in [5.41, 5.74) is 13.6. The SMILES string of the molecule is Cc1ccc(N)c(O)c1[C@@H](N)c1ccc(OC(F)(F)F)cc1. The second-order valence-corrected chi connectivity index (χ2v) is 4.83. The van der Waals surface area contributed by atoms with Gasteiger partial charge in [0, 0.05) is 5.56 Å². The van der Waals surface area contributed by atoms with E-state index in [4.69, 9.17) is 11.5 Å². The number of halogens is 3. The van der Waals surface area contributed by atoms with Gasteiger partial charge in [0.15, 0.2) is 0 Å². The Balaban J connectivity index is 2.31. The van der Waals surface area contributed by atoms with Crippen LogP contribution in [0.15, 0.2) is 36.4 Å². The van der Waals surface area contributed by atoms with Crippen LogP contribution in [-0.2, 0) is 0 Å². The fourth-order valence-electron chi connectivity index (χ4n) is 2.16. The van der Waals surface area contributed by atoms with E-state index in [1.165, 1.54) is 24.3 Å². The minimum absolute atomic E-state index is 0.122. The van der Waals surface area contributed by atoms with Gasteiger partial charge in [-0.2, -0.15) is 0 Å². The van der Waals surface area contributed by atoms with E-state index >= 15 is 0 Å². The van der Waals surface area contributed by atoms with Crippen molar-refractivity contribution in [3.05, 3.63) is 53.1 Å². The van der Waals surface area contributed by atoms with Crippen molar-refractivity contribution in [2.75, 3.05) is 5.73 Å². The molecule has 0 aliphatic carbocycles. The first-order valence-electron chi connectivity index (χ1n) is 6.38. The molecule has 0 radical (unpaired) electrons. The van der Waals surface area contributed by atoms with Crippen LogP contribution in [0.2, 0.25) is 0 Å². The average molecular weight is 312 g/mol. The molecule has 5 N–H and O–H groups in total. The van der Waals surface area contributed by atoms with E-state index in [1.807, 2.05) is 0 Å². The molecule has 2 aromatic rings. The van der Waals surface area contributed by atoms with Gasteiger partial charge in [0.2, 0.25) is 0 Å². The molecule has 0 fully saturated rings. The van der Waals surface area contributed by atoms with Gasteiger partial charge in [-0.15, -0.1) is 13.2 Å². The molecule has 1 atom stereocenters. The molecular formula is C15H15F3N2O2. The molecule has 118 valence electrons. The summed E-state index contributed by atoms with van der Waals surface area (Å²) < 4.78 is 40.2. The summed E-state index contributed by atoms with van der Waals surface area (Å²) >= 11 is 0. The number of rotatable bonds is 3. The molecule has 0 bridgehead atoms. The third-order valence-corrected chi connectivity index (χ3v) is 3.25. The lowest BCUT2D eigenvalue weighted by Crippen LogP contribution is -2.17. The van der Waals surface area contributed by atoms with Gasteiger partial charge in [0.1, 0.15) is 11.5 Å². The number of ether oxygens (including phenoxy) is 1. The monoisotopic (exact) mass is 312 g/mol. The molecule has 0 amide bonds. The van der Waals surface area contributed by atoms with Crippen LogP contribution in [0.4, 0.5) is 18.9 Å². The Kier molecular flexibility index (Phi) is 4.18. The summed E-state index contributed by atoms with van der Waals surface area (Å²) in [4.78, 5) is 0. The van der Waals surface area contributed by atoms with Crippen molar-refractivity contribution in [3.63, 3.8) is 0 Å². The number of hydrogen-bond acceptors (Lipinski definition) is 4. The largest absolute Gasteiger partial charge is 0.573 e. The molecular weight excluding hydrogens is 297 g/mol. The van der Waals surface area contributed by atoms with Crippen molar-refractivity contribution in [2.45, 2.75) is 19.3 Å². The van der Waals surface area contributed by atoms with Crippen LogP contribution >= 0.6 is 0 Å². The van der Waals surface area contributed by atoms with E-state index < -0.39 is 12.4 Å². The third kappa shape index (κ3) is 3.43. The van der Waals surface area contributed by atoms with Crippen LogP contribution in [0.3, 0.4) is 0 Å². The fourth-order valence-corrected chi connectivity index (χ4v) is 2.16. The highest BCUT2D eigenvalue weighted by atomic mass is 19.4. The zero-order chi connectivity index (χ0) is 16.5. The van der Waals surface area contributed by atoms with E-state index in [-0.39, 0.29) is 17.2 Å². The molecule has 22 heavy (non-hydrogen) atoms. The Morgan fingerprint density at radius 3 is 2.23 bits per heavy atom. The molecule has 0 heterocycles. The fraction of sp³-hybridized carbons (Fsp3) is 0.200. The van der Waals surface area contributed by atoms with Gasteiger partial charge in [0.25, 0.3) is 0 Å². The zero-order valence-electron chi connectivity index (χ0n) is 11.7. The summed E-state index contributed by atoms with van der Waals surface area (Å²) in [6, 6.07) is 7.71. The molecule has 0 unspecified atom stereocenters. The van der Waals surface area contributed by atoms with Crippen molar-refractivity contribution in [1.82, 2.24) is 0 Å². The van der Waals surface area contributed by atoms with Gasteiger partial charge in [-0.05, 0) is 36.2 Å². The zero-order valence-corrected chi connectivity index (χ0v) is 11.7. The summed E-state index contributed by atoms with van der Waals surface area (Å²) in [6.07, 6.45) is -4.74. The Morgan fingerprint density at radius 1 is 1.09 bits per heavy atom. The maximum atomic E-state index is 12.1. The van der Waals surface area contributed by atoms with E-state index in [0.29, 0.717) is 11.1 Å². The Hall–Kier alpha value is -2.41. The molecule has 2 rings (SSSR count). The van der Waals surface area contributed by atoms with E-state index in [1.54, 1.807) is 19.1 Å². The van der Waals surface area contributed by atoms with Crippen molar-refractivity contribution in [1.29, 1.82) is 0 Å². The van der Waals surface area contributed by atoms with Crippen LogP contribution in [0.5, 0.6) is 11.5 Å². The van der Waals surface area contributed by atoms with Crippen LogP contribution < -0.4 is 16.2 Å². The van der Waals surface area contributed by atoms with E-state index in [2.05, 4.69) is 4.74 Å². The predicted octanol–water partition coefficient (Wildman–Crippen LogP) is 3.23. The number of phenols is 1. The standard InChI is InChI=1S/C15H15F3N2O2/c1-8-2-7-11(19)14(21)12(8)13(20)9-3-5-10(6-4-9)22-15(16,17)18/h2-7,13,21H,19-20H2,1H3/t13-/m0/s1. The molecule has 7 heteroatoms. The molecule has 0 saturated carbocycles. The number of nitrogen functional groups attached to an aromatic ring is 1. The normalized spacial score (nSPS) is 13.0. The highest BCUT2D eigenvalue weighted by Crippen LogP contribution is 2.35. The molecule has 2 aromatic carbocycles. The number of benzene rings is 2. The summed E-state index contributed by atoms with van der Waals surface area (Å²) in [5, 5.41) is 10.0. The number of nitrogens with two attached hydrogens (primary N) is 2. The number of anilines is 1. The average Bonchev–Trinajstić information content (AvgIpc) is 2.42. The summed E-state index contributed by atoms with van der Waals surface area (Å²) in [7, 11) is 0. The van der Waals surface area contributed by atoms with Crippen LogP contribution in [0.1, 0.15) is 22.7 Å². The topological polar surface area (TPSA) is 81.5 Å².